The molecule has 4 heteroatoms. The van der Waals surface area contributed by atoms with Crippen LogP contribution in [0, 0.1) is 42.1 Å². The van der Waals surface area contributed by atoms with Crippen molar-refractivity contribution in [1.29, 1.82) is 0 Å². The van der Waals surface area contributed by atoms with Crippen LogP contribution in [0.5, 0.6) is 5.75 Å². The summed E-state index contributed by atoms with van der Waals surface area (Å²) in [7, 11) is 0. The molecule has 30 heavy (non-hydrogen) atoms. The first-order valence-electron chi connectivity index (χ1n) is 10.9. The summed E-state index contributed by atoms with van der Waals surface area (Å²) >= 11 is 0. The Morgan fingerprint density at radius 1 is 0.967 bits per heavy atom. The van der Waals surface area contributed by atoms with Crippen LogP contribution in [0.4, 0.5) is 13.2 Å². The van der Waals surface area contributed by atoms with E-state index in [4.69, 9.17) is 4.74 Å². The van der Waals surface area contributed by atoms with Crippen LogP contribution in [0.1, 0.15) is 74.5 Å². The lowest BCUT2D eigenvalue weighted by Gasteiger charge is -2.26. The molecule has 0 atom stereocenters. The van der Waals surface area contributed by atoms with E-state index in [1.54, 1.807) is 18.2 Å². The van der Waals surface area contributed by atoms with Gasteiger partial charge >= 0.3 is 0 Å². The van der Waals surface area contributed by atoms with Gasteiger partial charge in [-0.05, 0) is 74.3 Å². The van der Waals surface area contributed by atoms with Crippen molar-refractivity contribution in [3.05, 3.63) is 64.5 Å². The van der Waals surface area contributed by atoms with E-state index in [-0.39, 0.29) is 22.9 Å². The molecule has 1 fully saturated rings. The van der Waals surface area contributed by atoms with Crippen LogP contribution in [-0.4, -0.2) is 6.61 Å². The average molecular weight is 415 g/mol. The molecule has 0 spiro atoms. The topological polar surface area (TPSA) is 9.23 Å². The number of hydrogen-bond donors (Lipinski definition) is 0. The summed E-state index contributed by atoms with van der Waals surface area (Å²) in [5, 5.41) is 0. The zero-order chi connectivity index (χ0) is 21.5. The molecule has 0 aliphatic heterocycles. The van der Waals surface area contributed by atoms with Gasteiger partial charge in [0.15, 0.2) is 23.2 Å². The van der Waals surface area contributed by atoms with Gasteiger partial charge in [-0.15, -0.1) is 0 Å². The third-order valence-electron chi connectivity index (χ3n) is 5.85. The van der Waals surface area contributed by atoms with Gasteiger partial charge in [0.1, 0.15) is 0 Å². The fourth-order valence-corrected chi connectivity index (χ4v) is 3.92. The number of ether oxygens (including phenoxy) is 1. The van der Waals surface area contributed by atoms with Crippen molar-refractivity contribution in [2.75, 3.05) is 6.61 Å². The quantitative estimate of drug-likeness (QED) is 0.356. The monoisotopic (exact) mass is 414 g/mol. The Hall–Kier alpha value is -2.41. The van der Waals surface area contributed by atoms with Crippen LogP contribution < -0.4 is 4.74 Å². The third-order valence-corrected chi connectivity index (χ3v) is 5.85. The fourth-order valence-electron chi connectivity index (χ4n) is 3.92. The molecule has 2 aromatic carbocycles. The standard InChI is InChI=1S/C26H29F3O/c1-3-4-5-16-30-24-15-14-22(17-23(24)27)20-11-7-19(8-12-20)9-13-21-10-6-18(2)25(28)26(21)29/h6,10,14-15,17,19-20H,3-5,7-8,11-12,16H2,1-2H3. The van der Waals surface area contributed by atoms with E-state index in [2.05, 4.69) is 18.8 Å². The van der Waals surface area contributed by atoms with Crippen molar-refractivity contribution in [3.63, 3.8) is 0 Å². The van der Waals surface area contributed by atoms with Crippen LogP contribution in [0.15, 0.2) is 30.3 Å². The zero-order valence-electron chi connectivity index (χ0n) is 17.7. The fraction of sp³-hybridized carbons (Fsp3) is 0.462. The van der Waals surface area contributed by atoms with Crippen molar-refractivity contribution in [2.45, 2.75) is 64.7 Å². The van der Waals surface area contributed by atoms with Crippen molar-refractivity contribution in [3.8, 4) is 17.6 Å². The second-order valence-electron chi connectivity index (χ2n) is 8.12. The van der Waals surface area contributed by atoms with Crippen LogP contribution in [-0.2, 0) is 0 Å². The molecule has 0 heterocycles. The second-order valence-corrected chi connectivity index (χ2v) is 8.12. The maximum Gasteiger partial charge on any atom is 0.174 e. The number of hydrogen-bond acceptors (Lipinski definition) is 1. The molecule has 1 nitrogen and oxygen atoms in total. The number of rotatable bonds is 6. The predicted octanol–water partition coefficient (Wildman–Crippen LogP) is 7.31. The summed E-state index contributed by atoms with van der Waals surface area (Å²) in [5.41, 5.74) is 1.38. The van der Waals surface area contributed by atoms with E-state index in [0.29, 0.717) is 18.3 Å². The van der Waals surface area contributed by atoms with Crippen molar-refractivity contribution in [1.82, 2.24) is 0 Å². The predicted molar refractivity (Wildman–Crippen MR) is 114 cm³/mol. The lowest BCUT2D eigenvalue weighted by atomic mass is 9.79. The van der Waals surface area contributed by atoms with E-state index in [1.165, 1.54) is 13.0 Å². The van der Waals surface area contributed by atoms with E-state index in [0.717, 1.165) is 50.5 Å². The van der Waals surface area contributed by atoms with Crippen LogP contribution in [0.25, 0.3) is 0 Å². The molecule has 0 bridgehead atoms. The zero-order valence-corrected chi connectivity index (χ0v) is 17.7. The molecule has 0 saturated heterocycles. The Kier molecular flexibility index (Phi) is 7.85. The van der Waals surface area contributed by atoms with E-state index >= 15 is 0 Å². The first-order chi connectivity index (χ1) is 14.5. The molecule has 0 N–H and O–H groups in total. The van der Waals surface area contributed by atoms with Crippen molar-refractivity contribution < 1.29 is 17.9 Å². The maximum absolute atomic E-state index is 14.4. The third kappa shape index (κ3) is 5.59. The van der Waals surface area contributed by atoms with E-state index in [1.807, 2.05) is 6.07 Å². The highest BCUT2D eigenvalue weighted by Crippen LogP contribution is 2.36. The van der Waals surface area contributed by atoms with Crippen LogP contribution in [0.3, 0.4) is 0 Å². The summed E-state index contributed by atoms with van der Waals surface area (Å²) in [5.74, 6) is 4.67. The lowest BCUT2D eigenvalue weighted by molar-refractivity contribution is 0.291. The summed E-state index contributed by atoms with van der Waals surface area (Å²) in [6.45, 7) is 4.19. The molecule has 0 radical (unpaired) electrons. The minimum absolute atomic E-state index is 0.108. The molecule has 1 aliphatic carbocycles. The Morgan fingerprint density at radius 2 is 1.73 bits per heavy atom. The Labute approximate surface area is 177 Å². The highest BCUT2D eigenvalue weighted by Gasteiger charge is 2.22. The van der Waals surface area contributed by atoms with Gasteiger partial charge in [-0.25, -0.2) is 13.2 Å². The van der Waals surface area contributed by atoms with Gasteiger partial charge in [0.2, 0.25) is 0 Å². The molecular formula is C26H29F3O. The molecule has 0 aromatic heterocycles. The van der Waals surface area contributed by atoms with E-state index in [9.17, 15) is 13.2 Å². The first kappa shape index (κ1) is 22.3. The first-order valence-corrected chi connectivity index (χ1v) is 10.9. The number of benzene rings is 2. The molecule has 1 aliphatic rings. The maximum atomic E-state index is 14.4. The highest BCUT2D eigenvalue weighted by molar-refractivity contribution is 5.39. The molecule has 160 valence electrons. The smallest absolute Gasteiger partial charge is 0.174 e. The largest absolute Gasteiger partial charge is 0.491 e. The summed E-state index contributed by atoms with van der Waals surface area (Å²) in [6, 6.07) is 8.36. The molecule has 0 amide bonds. The number of unbranched alkanes of at least 4 members (excludes halogenated alkanes) is 2. The minimum atomic E-state index is -0.872. The summed E-state index contributed by atoms with van der Waals surface area (Å²) < 4.78 is 47.6. The van der Waals surface area contributed by atoms with Gasteiger partial charge in [-0.1, -0.05) is 43.7 Å². The Morgan fingerprint density at radius 3 is 2.43 bits per heavy atom. The van der Waals surface area contributed by atoms with Gasteiger partial charge in [0.05, 0.1) is 12.2 Å². The molecular weight excluding hydrogens is 385 g/mol. The van der Waals surface area contributed by atoms with E-state index < -0.39 is 11.6 Å². The Balaban J connectivity index is 1.56. The SMILES string of the molecule is CCCCCOc1ccc(C2CCC(C#Cc3ccc(C)c(F)c3F)CC2)cc1F. The van der Waals surface area contributed by atoms with Crippen molar-refractivity contribution in [2.24, 2.45) is 5.92 Å². The normalized spacial score (nSPS) is 18.6. The lowest BCUT2D eigenvalue weighted by Crippen LogP contribution is -2.12. The average Bonchev–Trinajstić information content (AvgIpc) is 2.76. The summed E-state index contributed by atoms with van der Waals surface area (Å²) in [6.07, 6.45) is 6.66. The van der Waals surface area contributed by atoms with Gasteiger partial charge in [0, 0.05) is 5.92 Å². The highest BCUT2D eigenvalue weighted by atomic mass is 19.2. The van der Waals surface area contributed by atoms with Crippen LogP contribution in [0.2, 0.25) is 0 Å². The van der Waals surface area contributed by atoms with Gasteiger partial charge in [-0.2, -0.15) is 0 Å². The van der Waals surface area contributed by atoms with Gasteiger partial charge < -0.3 is 4.74 Å². The molecule has 1 saturated carbocycles. The van der Waals surface area contributed by atoms with Crippen LogP contribution >= 0.6 is 0 Å². The van der Waals surface area contributed by atoms with Gasteiger partial charge in [-0.3, -0.25) is 0 Å². The minimum Gasteiger partial charge on any atom is -0.491 e. The summed E-state index contributed by atoms with van der Waals surface area (Å²) in [4.78, 5) is 0. The molecule has 0 unspecified atom stereocenters. The molecule has 3 rings (SSSR count). The van der Waals surface area contributed by atoms with Crippen molar-refractivity contribution >= 4 is 0 Å². The number of halogens is 3. The Bertz CT molecular complexity index is 918. The number of aryl methyl sites for hydroxylation is 1. The molecule has 2 aromatic rings. The second kappa shape index (κ2) is 10.6. The van der Waals surface area contributed by atoms with Gasteiger partial charge in [0.25, 0.3) is 0 Å².